The summed E-state index contributed by atoms with van der Waals surface area (Å²) in [7, 11) is 0. The first-order valence-corrected chi connectivity index (χ1v) is 6.96. The molecule has 0 saturated heterocycles. The molecule has 1 heterocycles. The number of nitrogens with one attached hydrogen (secondary N) is 1. The van der Waals surface area contributed by atoms with Gasteiger partial charge in [0.2, 0.25) is 5.91 Å². The average Bonchev–Trinajstić information content (AvgIpc) is 3.17. The third-order valence-corrected chi connectivity index (χ3v) is 3.52. The van der Waals surface area contributed by atoms with Gasteiger partial charge in [0.1, 0.15) is 5.69 Å². The van der Waals surface area contributed by atoms with Crippen LogP contribution in [0.2, 0.25) is 5.02 Å². The molecule has 3 rings (SSSR count). The van der Waals surface area contributed by atoms with Crippen molar-refractivity contribution in [1.29, 1.82) is 0 Å². The molecular weight excluding hydrogens is 288 g/mol. The van der Waals surface area contributed by atoms with Crippen LogP contribution in [0.15, 0.2) is 58.7 Å². The number of hydrogen-bond donors (Lipinski definition) is 1. The highest BCUT2D eigenvalue weighted by atomic mass is 35.5. The van der Waals surface area contributed by atoms with Crippen molar-refractivity contribution >= 4 is 17.5 Å². The molecule has 0 atom stereocenters. The molecule has 1 aromatic carbocycles. The summed E-state index contributed by atoms with van der Waals surface area (Å²) in [6.07, 6.45) is 6.30. The summed E-state index contributed by atoms with van der Waals surface area (Å²) in [6, 6.07) is 9.19. The average molecular weight is 301 g/mol. The number of carbonyl (C=O) groups excluding carboxylic acids is 1. The Morgan fingerprint density at radius 2 is 2.24 bits per heavy atom. The summed E-state index contributed by atoms with van der Waals surface area (Å²) in [5.74, 6) is 0.500. The minimum absolute atomic E-state index is 0.0873. The van der Waals surface area contributed by atoms with Crippen molar-refractivity contribution in [2.24, 2.45) is 0 Å². The Labute approximate surface area is 127 Å². The van der Waals surface area contributed by atoms with Crippen molar-refractivity contribution < 1.29 is 9.32 Å². The molecule has 4 nitrogen and oxygen atoms in total. The third kappa shape index (κ3) is 3.06. The molecule has 0 aliphatic heterocycles. The Morgan fingerprint density at radius 3 is 3.00 bits per heavy atom. The van der Waals surface area contributed by atoms with Gasteiger partial charge in [0.05, 0.1) is 11.6 Å². The van der Waals surface area contributed by atoms with Crippen LogP contribution in [0.5, 0.6) is 0 Å². The number of carbonyl (C=O) groups is 1. The first kappa shape index (κ1) is 13.6. The third-order valence-electron chi connectivity index (χ3n) is 3.19. The summed E-state index contributed by atoms with van der Waals surface area (Å²) < 4.78 is 5.23. The number of rotatable bonds is 4. The minimum Gasteiger partial charge on any atom is -0.359 e. The van der Waals surface area contributed by atoms with Gasteiger partial charge in [-0.25, -0.2) is 0 Å². The summed E-state index contributed by atoms with van der Waals surface area (Å²) in [5.41, 5.74) is 2.22. The minimum atomic E-state index is -0.0873. The lowest BCUT2D eigenvalue weighted by Crippen LogP contribution is -2.23. The SMILES string of the molecule is O=C(NCc1cc(-c2ccccc2Cl)no1)C1=CC=CC1. The van der Waals surface area contributed by atoms with E-state index in [1.54, 1.807) is 12.1 Å². The van der Waals surface area contributed by atoms with Crippen LogP contribution in [0.3, 0.4) is 0 Å². The van der Waals surface area contributed by atoms with Gasteiger partial charge in [-0.05, 0) is 12.5 Å². The van der Waals surface area contributed by atoms with Gasteiger partial charge in [-0.2, -0.15) is 0 Å². The monoisotopic (exact) mass is 300 g/mol. The van der Waals surface area contributed by atoms with E-state index in [4.69, 9.17) is 16.1 Å². The second-order valence-electron chi connectivity index (χ2n) is 4.67. The zero-order valence-corrected chi connectivity index (χ0v) is 11.9. The molecule has 0 radical (unpaired) electrons. The van der Waals surface area contributed by atoms with E-state index < -0.39 is 0 Å². The first-order valence-electron chi connectivity index (χ1n) is 6.58. The summed E-state index contributed by atoms with van der Waals surface area (Å²) in [6.45, 7) is 0.299. The Bertz CT molecular complexity index is 731. The Balaban J connectivity index is 1.66. The molecule has 1 aromatic heterocycles. The van der Waals surface area contributed by atoms with Crippen LogP contribution >= 0.6 is 11.6 Å². The van der Waals surface area contributed by atoms with E-state index in [2.05, 4.69) is 10.5 Å². The first-order chi connectivity index (χ1) is 10.2. The number of halogens is 1. The van der Waals surface area contributed by atoms with E-state index in [1.165, 1.54) is 0 Å². The molecule has 1 aliphatic carbocycles. The van der Waals surface area contributed by atoms with Gasteiger partial charge in [-0.15, -0.1) is 0 Å². The van der Waals surface area contributed by atoms with Crippen LogP contribution < -0.4 is 5.32 Å². The second kappa shape index (κ2) is 5.97. The van der Waals surface area contributed by atoms with Crippen molar-refractivity contribution in [3.8, 4) is 11.3 Å². The van der Waals surface area contributed by atoms with Gasteiger partial charge < -0.3 is 9.84 Å². The topological polar surface area (TPSA) is 55.1 Å². The fraction of sp³-hybridized carbons (Fsp3) is 0.125. The number of amides is 1. The molecule has 0 saturated carbocycles. The number of nitrogens with zero attached hydrogens (tertiary/aromatic N) is 1. The van der Waals surface area contributed by atoms with E-state index in [1.807, 2.05) is 36.4 Å². The molecule has 21 heavy (non-hydrogen) atoms. The molecule has 1 aliphatic rings. The summed E-state index contributed by atoms with van der Waals surface area (Å²) in [4.78, 5) is 11.8. The van der Waals surface area contributed by atoms with Gasteiger partial charge >= 0.3 is 0 Å². The van der Waals surface area contributed by atoms with E-state index in [0.717, 1.165) is 11.1 Å². The zero-order chi connectivity index (χ0) is 14.7. The second-order valence-corrected chi connectivity index (χ2v) is 5.07. The Morgan fingerprint density at radius 1 is 1.38 bits per heavy atom. The smallest absolute Gasteiger partial charge is 0.247 e. The maximum absolute atomic E-state index is 11.8. The fourth-order valence-electron chi connectivity index (χ4n) is 2.09. The summed E-state index contributed by atoms with van der Waals surface area (Å²) in [5, 5.41) is 7.41. The number of benzene rings is 1. The largest absolute Gasteiger partial charge is 0.359 e. The van der Waals surface area contributed by atoms with Crippen molar-refractivity contribution in [2.45, 2.75) is 13.0 Å². The van der Waals surface area contributed by atoms with E-state index in [0.29, 0.717) is 29.4 Å². The highest BCUT2D eigenvalue weighted by Gasteiger charge is 2.13. The predicted octanol–water partition coefficient (Wildman–Crippen LogP) is 3.50. The lowest BCUT2D eigenvalue weighted by atomic mass is 10.1. The number of hydrogen-bond acceptors (Lipinski definition) is 3. The quantitative estimate of drug-likeness (QED) is 0.940. The maximum atomic E-state index is 11.8. The van der Waals surface area contributed by atoms with Crippen LogP contribution in [-0.2, 0) is 11.3 Å². The van der Waals surface area contributed by atoms with Gasteiger partial charge in [-0.3, -0.25) is 4.79 Å². The van der Waals surface area contributed by atoms with Gasteiger partial charge in [0, 0.05) is 17.2 Å². The van der Waals surface area contributed by atoms with Crippen molar-refractivity contribution in [3.63, 3.8) is 0 Å². The molecule has 0 fully saturated rings. The molecule has 1 amide bonds. The lowest BCUT2D eigenvalue weighted by Gasteiger charge is -2.02. The number of aromatic nitrogens is 1. The standard InChI is InChI=1S/C16H13ClN2O2/c17-14-8-4-3-7-13(14)15-9-12(21-19-15)10-18-16(20)11-5-1-2-6-11/h1-5,7-9H,6,10H2,(H,18,20). The lowest BCUT2D eigenvalue weighted by molar-refractivity contribution is -0.117. The highest BCUT2D eigenvalue weighted by molar-refractivity contribution is 6.33. The van der Waals surface area contributed by atoms with Gasteiger partial charge in [0.25, 0.3) is 0 Å². The van der Waals surface area contributed by atoms with Gasteiger partial charge in [0.15, 0.2) is 5.76 Å². The normalized spacial score (nSPS) is 13.3. The molecule has 106 valence electrons. The van der Waals surface area contributed by atoms with Crippen LogP contribution in [0, 0.1) is 0 Å². The van der Waals surface area contributed by atoms with Crippen molar-refractivity contribution in [1.82, 2.24) is 10.5 Å². The molecule has 5 heteroatoms. The Hall–Kier alpha value is -2.33. The zero-order valence-electron chi connectivity index (χ0n) is 11.2. The Kier molecular flexibility index (Phi) is 3.88. The number of allylic oxidation sites excluding steroid dienone is 3. The molecule has 0 bridgehead atoms. The molecule has 0 unspecified atom stereocenters. The van der Waals surface area contributed by atoms with E-state index in [9.17, 15) is 4.79 Å². The van der Waals surface area contributed by atoms with Crippen LogP contribution in [0.1, 0.15) is 12.2 Å². The molecule has 0 spiro atoms. The highest BCUT2D eigenvalue weighted by Crippen LogP contribution is 2.26. The molecule has 2 aromatic rings. The fourth-order valence-corrected chi connectivity index (χ4v) is 2.32. The summed E-state index contributed by atoms with van der Waals surface area (Å²) >= 11 is 6.12. The van der Waals surface area contributed by atoms with Crippen molar-refractivity contribution in [3.05, 3.63) is 64.9 Å². The van der Waals surface area contributed by atoms with Gasteiger partial charge in [-0.1, -0.05) is 53.2 Å². The van der Waals surface area contributed by atoms with Crippen molar-refractivity contribution in [2.75, 3.05) is 0 Å². The van der Waals surface area contributed by atoms with Crippen LogP contribution in [-0.4, -0.2) is 11.1 Å². The maximum Gasteiger partial charge on any atom is 0.247 e. The van der Waals surface area contributed by atoms with Crippen LogP contribution in [0.25, 0.3) is 11.3 Å². The molecule has 1 N–H and O–H groups in total. The predicted molar refractivity (Wildman–Crippen MR) is 80.6 cm³/mol. The van der Waals surface area contributed by atoms with Crippen LogP contribution in [0.4, 0.5) is 0 Å². The van der Waals surface area contributed by atoms with E-state index in [-0.39, 0.29) is 5.91 Å². The molecular formula is C16H13ClN2O2. The van der Waals surface area contributed by atoms with E-state index >= 15 is 0 Å².